The van der Waals surface area contributed by atoms with Gasteiger partial charge in [0.2, 0.25) is 5.91 Å². The molecule has 1 aromatic carbocycles. The number of nitrogens with one attached hydrogen (secondary N) is 1. The monoisotopic (exact) mass is 264 g/mol. The molecule has 0 atom stereocenters. The van der Waals surface area contributed by atoms with Crippen molar-refractivity contribution in [2.75, 3.05) is 25.0 Å². The molecule has 1 aliphatic heterocycles. The quantitative estimate of drug-likeness (QED) is 0.910. The zero-order valence-electron chi connectivity index (χ0n) is 11.4. The van der Waals surface area contributed by atoms with Crippen LogP contribution in [0.5, 0.6) is 0 Å². The first-order chi connectivity index (χ1) is 9.18. The molecule has 0 spiro atoms. The van der Waals surface area contributed by atoms with Crippen LogP contribution in [-0.2, 0) is 4.79 Å². The van der Waals surface area contributed by atoms with E-state index in [-0.39, 0.29) is 18.3 Å². The van der Waals surface area contributed by atoms with E-state index in [0.29, 0.717) is 11.3 Å². The highest BCUT2D eigenvalue weighted by molar-refractivity contribution is 5.81. The van der Waals surface area contributed by atoms with Gasteiger partial charge in [-0.25, -0.2) is 4.39 Å². The molecule has 2 rings (SSSR count). The lowest BCUT2D eigenvalue weighted by Gasteiger charge is -2.21. The van der Waals surface area contributed by atoms with E-state index in [1.807, 2.05) is 4.90 Å². The number of nitrogens with zero attached hydrogens (tertiary/aromatic N) is 1. The van der Waals surface area contributed by atoms with E-state index in [1.54, 1.807) is 19.1 Å². The topological polar surface area (TPSA) is 32.3 Å². The molecule has 1 saturated heterocycles. The molecule has 1 amide bonds. The van der Waals surface area contributed by atoms with Gasteiger partial charge in [0.25, 0.3) is 0 Å². The molecule has 0 aliphatic carbocycles. The van der Waals surface area contributed by atoms with Gasteiger partial charge in [0.15, 0.2) is 0 Å². The van der Waals surface area contributed by atoms with E-state index in [2.05, 4.69) is 5.32 Å². The second kappa shape index (κ2) is 6.55. The van der Waals surface area contributed by atoms with Crippen molar-refractivity contribution in [1.82, 2.24) is 4.90 Å². The summed E-state index contributed by atoms with van der Waals surface area (Å²) in [6, 6.07) is 4.88. The Morgan fingerprint density at radius 1 is 1.26 bits per heavy atom. The van der Waals surface area contributed by atoms with Crippen LogP contribution in [0.4, 0.5) is 10.1 Å². The van der Waals surface area contributed by atoms with Crippen LogP contribution >= 0.6 is 0 Å². The van der Waals surface area contributed by atoms with Gasteiger partial charge in [-0.15, -0.1) is 0 Å². The summed E-state index contributed by atoms with van der Waals surface area (Å²) in [6.45, 7) is 3.66. The lowest BCUT2D eigenvalue weighted by molar-refractivity contribution is -0.129. The molecule has 3 nitrogen and oxygen atoms in total. The fourth-order valence-electron chi connectivity index (χ4n) is 2.40. The maximum atomic E-state index is 13.4. The number of carbonyl (C=O) groups excluding carboxylic acids is 1. The van der Waals surface area contributed by atoms with Gasteiger partial charge in [-0.2, -0.15) is 0 Å². The van der Waals surface area contributed by atoms with Gasteiger partial charge < -0.3 is 10.2 Å². The van der Waals surface area contributed by atoms with E-state index < -0.39 is 0 Å². The Labute approximate surface area is 113 Å². The Kier molecular flexibility index (Phi) is 4.77. The predicted octanol–water partition coefficient (Wildman–Crippen LogP) is 2.95. The molecule has 1 aromatic rings. The van der Waals surface area contributed by atoms with Crippen LogP contribution in [0.15, 0.2) is 18.2 Å². The summed E-state index contributed by atoms with van der Waals surface area (Å²) in [5.74, 6) is -0.141. The number of anilines is 1. The van der Waals surface area contributed by atoms with Gasteiger partial charge in [0.05, 0.1) is 6.54 Å². The van der Waals surface area contributed by atoms with Crippen LogP contribution in [0.25, 0.3) is 0 Å². The summed E-state index contributed by atoms with van der Waals surface area (Å²) < 4.78 is 13.4. The summed E-state index contributed by atoms with van der Waals surface area (Å²) in [5.41, 5.74) is 1.26. The second-order valence-corrected chi connectivity index (χ2v) is 5.06. The average Bonchev–Trinajstić information content (AvgIpc) is 2.69. The second-order valence-electron chi connectivity index (χ2n) is 5.06. The zero-order chi connectivity index (χ0) is 13.7. The van der Waals surface area contributed by atoms with Gasteiger partial charge in [-0.1, -0.05) is 18.9 Å². The zero-order valence-corrected chi connectivity index (χ0v) is 11.4. The normalized spacial score (nSPS) is 16.0. The molecule has 0 bridgehead atoms. The highest BCUT2D eigenvalue weighted by atomic mass is 19.1. The molecule has 104 valence electrons. The molecular weight excluding hydrogens is 243 g/mol. The number of rotatable bonds is 3. The Bertz CT molecular complexity index is 440. The van der Waals surface area contributed by atoms with Crippen molar-refractivity contribution in [3.63, 3.8) is 0 Å². The molecule has 0 unspecified atom stereocenters. The third-order valence-electron chi connectivity index (χ3n) is 3.66. The van der Waals surface area contributed by atoms with Crippen molar-refractivity contribution >= 4 is 11.6 Å². The number of likely N-dealkylation sites (tertiary alicyclic amines) is 1. The van der Waals surface area contributed by atoms with Gasteiger partial charge >= 0.3 is 0 Å². The van der Waals surface area contributed by atoms with Crippen molar-refractivity contribution in [1.29, 1.82) is 0 Å². The van der Waals surface area contributed by atoms with Crippen molar-refractivity contribution in [3.8, 4) is 0 Å². The Morgan fingerprint density at radius 2 is 1.95 bits per heavy atom. The van der Waals surface area contributed by atoms with Crippen molar-refractivity contribution in [2.24, 2.45) is 0 Å². The van der Waals surface area contributed by atoms with Crippen LogP contribution in [0.1, 0.15) is 31.2 Å². The van der Waals surface area contributed by atoms with E-state index in [1.165, 1.54) is 18.9 Å². The fraction of sp³-hybridized carbons (Fsp3) is 0.533. The van der Waals surface area contributed by atoms with E-state index >= 15 is 0 Å². The maximum Gasteiger partial charge on any atom is 0.241 e. The molecule has 0 radical (unpaired) electrons. The summed E-state index contributed by atoms with van der Waals surface area (Å²) in [7, 11) is 0. The number of benzene rings is 1. The van der Waals surface area contributed by atoms with Crippen LogP contribution in [0, 0.1) is 12.7 Å². The number of hydrogen-bond acceptors (Lipinski definition) is 2. The summed E-state index contributed by atoms with van der Waals surface area (Å²) in [6.07, 6.45) is 4.59. The van der Waals surface area contributed by atoms with Gasteiger partial charge in [0, 0.05) is 24.3 Å². The minimum absolute atomic E-state index is 0.102. The van der Waals surface area contributed by atoms with E-state index in [4.69, 9.17) is 0 Å². The highest BCUT2D eigenvalue weighted by Gasteiger charge is 2.15. The first kappa shape index (κ1) is 13.8. The standard InChI is InChI=1S/C15H21FN2O/c1-12-13(16)7-6-8-14(12)17-11-15(19)18-9-4-2-3-5-10-18/h6-8,17H,2-5,9-11H2,1H3. The number of amides is 1. The fourth-order valence-corrected chi connectivity index (χ4v) is 2.40. The molecule has 0 saturated carbocycles. The Balaban J connectivity index is 1.90. The third kappa shape index (κ3) is 3.69. The van der Waals surface area contributed by atoms with Gasteiger partial charge in [-0.3, -0.25) is 4.79 Å². The molecule has 1 fully saturated rings. The summed E-state index contributed by atoms with van der Waals surface area (Å²) in [5, 5.41) is 3.04. The summed E-state index contributed by atoms with van der Waals surface area (Å²) in [4.78, 5) is 14.0. The van der Waals surface area contributed by atoms with Gasteiger partial charge in [0.1, 0.15) is 5.82 Å². The lowest BCUT2D eigenvalue weighted by atomic mass is 10.2. The maximum absolute atomic E-state index is 13.4. The number of hydrogen-bond donors (Lipinski definition) is 1. The van der Waals surface area contributed by atoms with Crippen LogP contribution in [-0.4, -0.2) is 30.4 Å². The van der Waals surface area contributed by atoms with Crippen molar-refractivity contribution in [2.45, 2.75) is 32.6 Å². The van der Waals surface area contributed by atoms with E-state index in [9.17, 15) is 9.18 Å². The molecule has 1 N–H and O–H groups in total. The van der Waals surface area contributed by atoms with Gasteiger partial charge in [-0.05, 0) is 31.9 Å². The van der Waals surface area contributed by atoms with Crippen LogP contribution in [0.3, 0.4) is 0 Å². The van der Waals surface area contributed by atoms with Crippen molar-refractivity contribution < 1.29 is 9.18 Å². The summed E-state index contributed by atoms with van der Waals surface area (Å²) >= 11 is 0. The van der Waals surface area contributed by atoms with Crippen LogP contribution in [0.2, 0.25) is 0 Å². The Morgan fingerprint density at radius 3 is 2.63 bits per heavy atom. The van der Waals surface area contributed by atoms with Crippen LogP contribution < -0.4 is 5.32 Å². The molecule has 19 heavy (non-hydrogen) atoms. The molecule has 1 aliphatic rings. The first-order valence-electron chi connectivity index (χ1n) is 6.95. The minimum atomic E-state index is -0.243. The minimum Gasteiger partial charge on any atom is -0.376 e. The molecule has 0 aromatic heterocycles. The molecular formula is C15H21FN2O. The molecule has 4 heteroatoms. The lowest BCUT2D eigenvalue weighted by Crippen LogP contribution is -2.36. The number of halogens is 1. The predicted molar refractivity (Wildman–Crippen MR) is 74.7 cm³/mol. The SMILES string of the molecule is Cc1c(F)cccc1NCC(=O)N1CCCCCC1. The smallest absolute Gasteiger partial charge is 0.241 e. The first-order valence-corrected chi connectivity index (χ1v) is 6.95. The number of carbonyl (C=O) groups is 1. The third-order valence-corrected chi connectivity index (χ3v) is 3.66. The largest absolute Gasteiger partial charge is 0.376 e. The molecule has 1 heterocycles. The van der Waals surface area contributed by atoms with E-state index in [0.717, 1.165) is 25.9 Å². The average molecular weight is 264 g/mol. The van der Waals surface area contributed by atoms with Crippen molar-refractivity contribution in [3.05, 3.63) is 29.6 Å². The highest BCUT2D eigenvalue weighted by Crippen LogP contribution is 2.17. The Hall–Kier alpha value is -1.58.